The lowest BCUT2D eigenvalue weighted by atomic mass is 10.2. The number of methoxy groups -OCH3 is 1. The summed E-state index contributed by atoms with van der Waals surface area (Å²) in [6, 6.07) is 0.405. The van der Waals surface area contributed by atoms with E-state index in [0.29, 0.717) is 11.9 Å². The van der Waals surface area contributed by atoms with Gasteiger partial charge in [-0.25, -0.2) is 4.98 Å². The highest BCUT2D eigenvalue weighted by Gasteiger charge is 2.25. The average molecular weight is 251 g/mol. The Labute approximate surface area is 107 Å². The van der Waals surface area contributed by atoms with Crippen molar-refractivity contribution in [2.75, 3.05) is 25.6 Å². The molecule has 1 fully saturated rings. The summed E-state index contributed by atoms with van der Waals surface area (Å²) < 4.78 is 6.78. The first-order valence-electron chi connectivity index (χ1n) is 6.63. The molecule has 5 heteroatoms. The number of nitrogens with one attached hydrogen (secondary N) is 1. The van der Waals surface area contributed by atoms with E-state index in [1.54, 1.807) is 24.1 Å². The molecule has 0 atom stereocenters. The molecule has 2 rings (SSSR count). The predicted octanol–water partition coefficient (Wildman–Crippen LogP) is 1.81. The summed E-state index contributed by atoms with van der Waals surface area (Å²) >= 11 is 0. The Kier molecular flexibility index (Phi) is 4.75. The monoisotopic (exact) mass is 251 g/mol. The largest absolute Gasteiger partial charge is 0.385 e. The summed E-state index contributed by atoms with van der Waals surface area (Å²) in [5, 5.41) is 3.13. The van der Waals surface area contributed by atoms with E-state index in [1.165, 1.54) is 0 Å². The van der Waals surface area contributed by atoms with Crippen LogP contribution < -0.4 is 10.9 Å². The lowest BCUT2D eigenvalue weighted by Gasteiger charge is -2.07. The van der Waals surface area contributed by atoms with Gasteiger partial charge in [-0.2, -0.15) is 0 Å². The zero-order valence-electron chi connectivity index (χ0n) is 10.9. The zero-order chi connectivity index (χ0) is 12.8. The Morgan fingerprint density at radius 1 is 1.44 bits per heavy atom. The van der Waals surface area contributed by atoms with Crippen molar-refractivity contribution in [3.05, 3.63) is 22.7 Å². The Balaban J connectivity index is 1.79. The van der Waals surface area contributed by atoms with Crippen LogP contribution in [-0.2, 0) is 4.74 Å². The Hall–Kier alpha value is -1.36. The van der Waals surface area contributed by atoms with Crippen molar-refractivity contribution < 1.29 is 4.74 Å². The normalized spacial score (nSPS) is 14.7. The zero-order valence-corrected chi connectivity index (χ0v) is 10.9. The molecule has 5 nitrogen and oxygen atoms in total. The second-order valence-corrected chi connectivity index (χ2v) is 4.70. The van der Waals surface area contributed by atoms with Crippen LogP contribution in [0, 0.1) is 0 Å². The first-order valence-corrected chi connectivity index (χ1v) is 6.63. The molecule has 0 unspecified atom stereocenters. The maximum absolute atomic E-state index is 12.0. The van der Waals surface area contributed by atoms with E-state index < -0.39 is 0 Å². The fourth-order valence-electron chi connectivity index (χ4n) is 1.94. The molecule has 1 aliphatic carbocycles. The number of nitrogens with zero attached hydrogens (tertiary/aromatic N) is 2. The molecule has 0 aromatic carbocycles. The molecule has 0 spiro atoms. The maximum Gasteiger partial charge on any atom is 0.293 e. The van der Waals surface area contributed by atoms with E-state index in [2.05, 4.69) is 10.3 Å². The number of hydrogen-bond donors (Lipinski definition) is 1. The van der Waals surface area contributed by atoms with Crippen LogP contribution >= 0.6 is 0 Å². The minimum absolute atomic E-state index is 0.0110. The number of ether oxygens (including phenoxy) is 1. The summed E-state index contributed by atoms with van der Waals surface area (Å²) in [4.78, 5) is 16.1. The molecule has 1 aromatic heterocycles. The fourth-order valence-corrected chi connectivity index (χ4v) is 1.94. The number of rotatable bonds is 8. The minimum atomic E-state index is 0.0110. The lowest BCUT2D eigenvalue weighted by Crippen LogP contribution is -2.24. The van der Waals surface area contributed by atoms with Crippen molar-refractivity contribution in [3.8, 4) is 0 Å². The summed E-state index contributed by atoms with van der Waals surface area (Å²) in [7, 11) is 1.71. The van der Waals surface area contributed by atoms with E-state index in [9.17, 15) is 4.79 Å². The van der Waals surface area contributed by atoms with Crippen molar-refractivity contribution in [1.29, 1.82) is 0 Å². The lowest BCUT2D eigenvalue weighted by molar-refractivity contribution is 0.192. The smallest absolute Gasteiger partial charge is 0.293 e. The van der Waals surface area contributed by atoms with Crippen LogP contribution in [0.1, 0.15) is 38.1 Å². The van der Waals surface area contributed by atoms with Gasteiger partial charge in [0.1, 0.15) is 0 Å². The van der Waals surface area contributed by atoms with Crippen LogP contribution in [0.4, 0.5) is 5.82 Å². The Bertz CT molecular complexity index is 426. The molecule has 1 N–H and O–H groups in total. The van der Waals surface area contributed by atoms with Gasteiger partial charge in [-0.05, 0) is 32.1 Å². The molecule has 0 bridgehead atoms. The molecular formula is C13H21N3O2. The van der Waals surface area contributed by atoms with Gasteiger partial charge in [0.05, 0.1) is 0 Å². The quantitative estimate of drug-likeness (QED) is 0.716. The summed E-state index contributed by atoms with van der Waals surface area (Å²) in [6.07, 6.45) is 8.90. The first-order chi connectivity index (χ1) is 8.83. The number of unbranched alkanes of at least 4 members (excludes halogenated alkanes) is 2. The predicted molar refractivity (Wildman–Crippen MR) is 71.0 cm³/mol. The molecule has 18 heavy (non-hydrogen) atoms. The summed E-state index contributed by atoms with van der Waals surface area (Å²) in [5.41, 5.74) is 0.0110. The van der Waals surface area contributed by atoms with Crippen molar-refractivity contribution in [2.24, 2.45) is 0 Å². The van der Waals surface area contributed by atoms with Gasteiger partial charge in [0.15, 0.2) is 5.82 Å². The van der Waals surface area contributed by atoms with Gasteiger partial charge in [-0.15, -0.1) is 0 Å². The highest BCUT2D eigenvalue weighted by Crippen LogP contribution is 2.33. The van der Waals surface area contributed by atoms with Crippen LogP contribution in [0.15, 0.2) is 17.2 Å². The number of aromatic nitrogens is 2. The van der Waals surface area contributed by atoms with Gasteiger partial charge in [-0.3, -0.25) is 4.79 Å². The Morgan fingerprint density at radius 3 is 3.00 bits per heavy atom. The maximum atomic E-state index is 12.0. The third-order valence-electron chi connectivity index (χ3n) is 3.13. The highest BCUT2D eigenvalue weighted by molar-refractivity contribution is 5.30. The number of anilines is 1. The molecule has 1 aromatic rings. The second-order valence-electron chi connectivity index (χ2n) is 4.70. The molecule has 0 radical (unpaired) electrons. The van der Waals surface area contributed by atoms with Crippen molar-refractivity contribution >= 4 is 5.82 Å². The van der Waals surface area contributed by atoms with Crippen LogP contribution in [0.2, 0.25) is 0 Å². The van der Waals surface area contributed by atoms with E-state index in [1.807, 2.05) is 0 Å². The molecule has 0 aliphatic heterocycles. The SMILES string of the molecule is COCCCCCNc1nccn(C2CC2)c1=O. The van der Waals surface area contributed by atoms with E-state index in [0.717, 1.165) is 45.3 Å². The average Bonchev–Trinajstić information content (AvgIpc) is 3.20. The van der Waals surface area contributed by atoms with E-state index in [4.69, 9.17) is 4.74 Å². The third kappa shape index (κ3) is 3.57. The molecule has 1 aliphatic rings. The molecule has 1 saturated carbocycles. The molecule has 0 amide bonds. The van der Waals surface area contributed by atoms with Gasteiger partial charge < -0.3 is 14.6 Å². The minimum Gasteiger partial charge on any atom is -0.385 e. The standard InChI is InChI=1S/C13H21N3O2/c1-18-10-4-2-3-7-14-12-13(17)16(9-8-15-12)11-5-6-11/h8-9,11H,2-7,10H2,1H3,(H,14,15). The molecule has 0 saturated heterocycles. The van der Waals surface area contributed by atoms with Crippen molar-refractivity contribution in [2.45, 2.75) is 38.1 Å². The fraction of sp³-hybridized carbons (Fsp3) is 0.692. The number of hydrogen-bond acceptors (Lipinski definition) is 4. The van der Waals surface area contributed by atoms with Gasteiger partial charge in [-0.1, -0.05) is 0 Å². The van der Waals surface area contributed by atoms with E-state index in [-0.39, 0.29) is 5.56 Å². The van der Waals surface area contributed by atoms with Crippen LogP contribution in [-0.4, -0.2) is 29.8 Å². The molecular weight excluding hydrogens is 230 g/mol. The van der Waals surface area contributed by atoms with Crippen molar-refractivity contribution in [3.63, 3.8) is 0 Å². The summed E-state index contributed by atoms with van der Waals surface area (Å²) in [6.45, 7) is 1.60. The van der Waals surface area contributed by atoms with Crippen LogP contribution in [0.25, 0.3) is 0 Å². The topological polar surface area (TPSA) is 56.1 Å². The van der Waals surface area contributed by atoms with Gasteiger partial charge >= 0.3 is 0 Å². The van der Waals surface area contributed by atoms with Gasteiger partial charge in [0.2, 0.25) is 0 Å². The molecule has 100 valence electrons. The van der Waals surface area contributed by atoms with Crippen molar-refractivity contribution in [1.82, 2.24) is 9.55 Å². The summed E-state index contributed by atoms with van der Waals surface area (Å²) in [5.74, 6) is 0.483. The van der Waals surface area contributed by atoms with Crippen LogP contribution in [0.5, 0.6) is 0 Å². The third-order valence-corrected chi connectivity index (χ3v) is 3.13. The first kappa shape index (κ1) is 13.1. The second kappa shape index (κ2) is 6.54. The highest BCUT2D eigenvalue weighted by atomic mass is 16.5. The van der Waals surface area contributed by atoms with E-state index >= 15 is 0 Å². The molecule has 1 heterocycles. The van der Waals surface area contributed by atoms with Gasteiger partial charge in [0.25, 0.3) is 5.56 Å². The van der Waals surface area contributed by atoms with Gasteiger partial charge in [0, 0.05) is 38.7 Å². The Morgan fingerprint density at radius 2 is 2.28 bits per heavy atom. The van der Waals surface area contributed by atoms with Crippen LogP contribution in [0.3, 0.4) is 0 Å².